The molecule has 0 bridgehead atoms. The highest BCUT2D eigenvalue weighted by atomic mass is 16.3. The number of benzene rings is 9. The zero-order chi connectivity index (χ0) is 48.3. The molecule has 0 amide bonds. The van der Waals surface area contributed by atoms with Crippen LogP contribution in [-0.4, -0.2) is 9.13 Å². The predicted octanol–water partition coefficient (Wildman–Crippen LogP) is 20.1. The summed E-state index contributed by atoms with van der Waals surface area (Å²) in [5.41, 5.74) is 15.7. The van der Waals surface area contributed by atoms with Crippen molar-refractivity contribution in [1.29, 1.82) is 0 Å². The summed E-state index contributed by atoms with van der Waals surface area (Å²) in [7, 11) is 0. The quantitative estimate of drug-likeness (QED) is 0.177. The van der Waals surface area contributed by atoms with Crippen LogP contribution in [0.2, 0.25) is 0 Å². The maximum Gasteiger partial charge on any atom is 0.143 e. The molecule has 0 saturated heterocycles. The Morgan fingerprint density at radius 2 is 0.873 bits per heavy atom. The summed E-state index contributed by atoms with van der Waals surface area (Å²) in [6, 6.07) is 63.6. The van der Waals surface area contributed by atoms with E-state index in [-0.39, 0.29) is 6.04 Å². The van der Waals surface area contributed by atoms with Gasteiger partial charge in [-0.2, -0.15) is 0 Å². The van der Waals surface area contributed by atoms with E-state index in [2.05, 4.69) is 185 Å². The van der Waals surface area contributed by atoms with E-state index >= 15 is 0 Å². The number of nitrogens with zero attached hydrogens (tertiary/aromatic N) is 2. The Bertz CT molecular complexity index is 4390. The molecule has 0 saturated carbocycles. The van der Waals surface area contributed by atoms with Crippen molar-refractivity contribution in [3.05, 3.63) is 200 Å². The first-order valence-electron chi connectivity index (χ1n) is 25.3. The average molecular weight is 923 g/mol. The molecule has 0 spiro atoms. The van der Waals surface area contributed by atoms with Gasteiger partial charge in [0.15, 0.2) is 0 Å². The van der Waals surface area contributed by atoms with E-state index in [1.165, 1.54) is 43.7 Å². The topological polar surface area (TPSA) is 49.3 Å². The molecule has 1 unspecified atom stereocenters. The van der Waals surface area contributed by atoms with Crippen LogP contribution < -0.4 is 0 Å². The van der Waals surface area contributed by atoms with Crippen molar-refractivity contribution >= 4 is 109 Å². The number of aromatic nitrogens is 2. The van der Waals surface area contributed by atoms with Gasteiger partial charge in [-0.25, -0.2) is 0 Å². The molecular weight excluding hydrogens is 869 g/mol. The highest BCUT2D eigenvalue weighted by Crippen LogP contribution is 2.44. The first kappa shape index (κ1) is 43.7. The third kappa shape index (κ3) is 6.82. The van der Waals surface area contributed by atoms with Gasteiger partial charge >= 0.3 is 0 Å². The first-order valence-corrected chi connectivity index (χ1v) is 25.3. The van der Waals surface area contributed by atoms with Gasteiger partial charge in [-0.15, -0.1) is 0 Å². The van der Waals surface area contributed by atoms with E-state index in [1.54, 1.807) is 0 Å². The first-order chi connectivity index (χ1) is 35.2. The minimum Gasteiger partial charge on any atom is -0.456 e. The largest absolute Gasteiger partial charge is 0.456 e. The van der Waals surface area contributed by atoms with Crippen molar-refractivity contribution in [2.45, 2.75) is 54.0 Å². The molecule has 1 atom stereocenters. The maximum atomic E-state index is 6.51. The highest BCUT2D eigenvalue weighted by molar-refractivity contribution is 6.20. The minimum atomic E-state index is 0.207. The number of furan rings is 3. The van der Waals surface area contributed by atoms with E-state index in [4.69, 9.17) is 13.3 Å². The van der Waals surface area contributed by atoms with Gasteiger partial charge in [-0.05, 0) is 89.8 Å². The standard InChI is InChI=1S/C60H36N2O3.3C2H6/c1-2-11-38(12-3-1)61-51-27-23-36(29-45(51)47-31-49-42-14-5-7-18-55(42)63-58(49)33-53(47)61)37-24-28-52-46(30-37)48-32-50-43-15-6-8-19-56(43)64-59(50)34-54(48)62(52)39-25-21-35(22-26-39)40-16-10-17-44-41-13-4-9-20-57(41)65-60(40)44;3*1-2/h1-11,13-34,38H,12H2;3*1-2H3. The van der Waals surface area contributed by atoms with Gasteiger partial charge in [-0.3, -0.25) is 0 Å². The Labute approximate surface area is 412 Å². The normalized spacial score (nSPS) is 13.5. The van der Waals surface area contributed by atoms with Crippen LogP contribution in [0.5, 0.6) is 0 Å². The lowest BCUT2D eigenvalue weighted by Crippen LogP contribution is -2.06. The smallest absolute Gasteiger partial charge is 0.143 e. The van der Waals surface area contributed by atoms with E-state index in [0.29, 0.717) is 0 Å². The molecular formula is C66H54N2O3. The molecule has 0 N–H and O–H groups in total. The molecule has 0 fully saturated rings. The Kier molecular flexibility index (Phi) is 10.9. The van der Waals surface area contributed by atoms with Gasteiger partial charge < -0.3 is 22.4 Å². The van der Waals surface area contributed by atoms with Crippen LogP contribution in [0.4, 0.5) is 0 Å². The Morgan fingerprint density at radius 3 is 1.49 bits per heavy atom. The van der Waals surface area contributed by atoms with E-state index in [1.807, 2.05) is 65.8 Å². The lowest BCUT2D eigenvalue weighted by atomic mass is 9.99. The van der Waals surface area contributed by atoms with Crippen molar-refractivity contribution < 1.29 is 13.3 Å². The minimum absolute atomic E-state index is 0.207. The van der Waals surface area contributed by atoms with Crippen molar-refractivity contribution in [2.24, 2.45) is 0 Å². The summed E-state index contributed by atoms with van der Waals surface area (Å²) in [6.45, 7) is 12.0. The van der Waals surface area contributed by atoms with Crippen molar-refractivity contribution in [2.75, 3.05) is 0 Å². The highest BCUT2D eigenvalue weighted by Gasteiger charge is 2.22. The van der Waals surface area contributed by atoms with Crippen LogP contribution in [-0.2, 0) is 0 Å². The molecule has 15 rings (SSSR count). The van der Waals surface area contributed by atoms with Gasteiger partial charge in [0.05, 0.1) is 22.6 Å². The maximum absolute atomic E-state index is 6.51. The molecule has 5 aromatic heterocycles. The average Bonchev–Trinajstić information content (AvgIpc) is 4.26. The SMILES string of the molecule is C1=CCC(n2c3ccc(-c4ccc5c(c4)c4cc6c(cc4n5-c4ccc(-c5cccc7c5oc5ccccc57)cc4)oc4ccccc46)cc3c3cc4c(cc32)oc2ccccc24)C=C1.CC.CC.CC. The van der Waals surface area contributed by atoms with E-state index in [0.717, 1.165) is 100 Å². The molecule has 5 nitrogen and oxygen atoms in total. The second-order valence-corrected chi connectivity index (χ2v) is 17.5. The molecule has 71 heavy (non-hydrogen) atoms. The van der Waals surface area contributed by atoms with Crippen molar-refractivity contribution in [3.63, 3.8) is 0 Å². The van der Waals surface area contributed by atoms with Crippen LogP contribution in [0.1, 0.15) is 54.0 Å². The Hall–Kier alpha value is -8.54. The molecule has 0 aliphatic heterocycles. The van der Waals surface area contributed by atoms with E-state index in [9.17, 15) is 0 Å². The lowest BCUT2D eigenvalue weighted by molar-refractivity contribution is 0.645. The van der Waals surface area contributed by atoms with Crippen LogP contribution in [0, 0.1) is 0 Å². The summed E-state index contributed by atoms with van der Waals surface area (Å²) in [6.07, 6.45) is 9.83. The van der Waals surface area contributed by atoms with Gasteiger partial charge in [-0.1, -0.05) is 163 Å². The Balaban J connectivity index is 0.000000833. The molecule has 1 aliphatic rings. The zero-order valence-electron chi connectivity index (χ0n) is 41.0. The van der Waals surface area contributed by atoms with Crippen LogP contribution >= 0.6 is 0 Å². The number of allylic oxidation sites excluding steroid dienone is 4. The second kappa shape index (κ2) is 17.8. The lowest BCUT2D eigenvalue weighted by Gasteiger charge is -2.18. The van der Waals surface area contributed by atoms with E-state index < -0.39 is 0 Å². The summed E-state index contributed by atoms with van der Waals surface area (Å²) < 4.78 is 24.3. The fourth-order valence-corrected chi connectivity index (χ4v) is 11.0. The molecule has 5 heterocycles. The van der Waals surface area contributed by atoms with Gasteiger partial charge in [0.25, 0.3) is 0 Å². The predicted molar refractivity (Wildman–Crippen MR) is 302 cm³/mol. The van der Waals surface area contributed by atoms with Crippen molar-refractivity contribution in [1.82, 2.24) is 9.13 Å². The van der Waals surface area contributed by atoms with Crippen LogP contribution in [0.3, 0.4) is 0 Å². The third-order valence-corrected chi connectivity index (χ3v) is 14.0. The van der Waals surface area contributed by atoms with Crippen LogP contribution in [0.15, 0.2) is 213 Å². The zero-order valence-corrected chi connectivity index (χ0v) is 41.0. The number of fused-ring (bicyclic) bond motifs is 15. The summed E-state index contributed by atoms with van der Waals surface area (Å²) in [5, 5.41) is 11.6. The van der Waals surface area contributed by atoms with Gasteiger partial charge in [0.1, 0.15) is 33.5 Å². The molecule has 9 aromatic carbocycles. The number of rotatable bonds is 4. The molecule has 346 valence electrons. The number of hydrogen-bond donors (Lipinski definition) is 0. The summed E-state index contributed by atoms with van der Waals surface area (Å²) >= 11 is 0. The van der Waals surface area contributed by atoms with Crippen LogP contribution in [0.25, 0.3) is 137 Å². The third-order valence-electron chi connectivity index (χ3n) is 14.0. The monoisotopic (exact) mass is 922 g/mol. The fourth-order valence-electron chi connectivity index (χ4n) is 11.0. The second-order valence-electron chi connectivity index (χ2n) is 17.5. The molecule has 14 aromatic rings. The number of para-hydroxylation sites is 4. The van der Waals surface area contributed by atoms with Crippen molar-refractivity contribution in [3.8, 4) is 27.9 Å². The van der Waals surface area contributed by atoms with Gasteiger partial charge in [0, 0.05) is 82.8 Å². The molecule has 5 heteroatoms. The van der Waals surface area contributed by atoms with Gasteiger partial charge in [0.2, 0.25) is 0 Å². The number of hydrogen-bond acceptors (Lipinski definition) is 3. The fraction of sp³-hybridized carbons (Fsp3) is 0.121. The molecule has 1 aliphatic carbocycles. The Morgan fingerprint density at radius 1 is 0.366 bits per heavy atom. The molecule has 0 radical (unpaired) electrons. The summed E-state index contributed by atoms with van der Waals surface area (Å²) in [5.74, 6) is 0. The summed E-state index contributed by atoms with van der Waals surface area (Å²) in [4.78, 5) is 0.